The highest BCUT2D eigenvalue weighted by Gasteiger charge is 2.58. The number of hydrogen-bond acceptors (Lipinski definition) is 5. The number of aryl methyl sites for hydroxylation is 3. The Labute approximate surface area is 215 Å². The van der Waals surface area contributed by atoms with E-state index in [0.29, 0.717) is 11.4 Å². The molecule has 37 heavy (non-hydrogen) atoms. The van der Waals surface area contributed by atoms with Crippen molar-refractivity contribution in [3.63, 3.8) is 0 Å². The molecule has 6 rings (SSSR count). The second-order valence-corrected chi connectivity index (χ2v) is 10.3. The molecule has 2 aromatic heterocycles. The Kier molecular flexibility index (Phi) is 5.47. The smallest absolute Gasteiger partial charge is 0.270 e. The average molecular weight is 496 g/mol. The van der Waals surface area contributed by atoms with Gasteiger partial charge in [-0.1, -0.05) is 41.6 Å². The molecule has 8 heteroatoms. The molecule has 8 nitrogen and oxygen atoms in total. The lowest BCUT2D eigenvalue weighted by molar-refractivity contribution is -0.118. The van der Waals surface area contributed by atoms with E-state index in [1.54, 1.807) is 19.3 Å². The van der Waals surface area contributed by atoms with Crippen LogP contribution in [0, 0.1) is 19.3 Å². The largest absolute Gasteiger partial charge is 0.361 e. The molecule has 2 heterocycles. The Bertz CT molecular complexity index is 1480. The number of carbonyl (C=O) groups excluding carboxylic acids is 2. The first kappa shape index (κ1) is 23.2. The fourth-order valence-corrected chi connectivity index (χ4v) is 5.95. The molecule has 2 amide bonds. The number of nitrogens with one attached hydrogen (secondary N) is 2. The van der Waals surface area contributed by atoms with Crippen LogP contribution in [0.4, 0.5) is 5.69 Å². The van der Waals surface area contributed by atoms with Crippen molar-refractivity contribution < 1.29 is 14.1 Å². The Balaban J connectivity index is 1.31. The van der Waals surface area contributed by atoms with Crippen LogP contribution in [0.1, 0.15) is 51.8 Å². The predicted octanol–water partition coefficient (Wildman–Crippen LogP) is 4.55. The number of hydrogen-bond donors (Lipinski definition) is 2. The monoisotopic (exact) mass is 495 g/mol. The minimum Gasteiger partial charge on any atom is -0.361 e. The summed E-state index contributed by atoms with van der Waals surface area (Å²) in [6.45, 7) is 3.79. The molecule has 2 atom stereocenters. The summed E-state index contributed by atoms with van der Waals surface area (Å²) in [5, 5.41) is 14.3. The molecule has 0 aliphatic heterocycles. The van der Waals surface area contributed by atoms with E-state index in [-0.39, 0.29) is 23.1 Å². The maximum absolute atomic E-state index is 13.9. The molecule has 4 aromatic rings. The molecule has 188 valence electrons. The van der Waals surface area contributed by atoms with Gasteiger partial charge in [0, 0.05) is 30.4 Å². The Morgan fingerprint density at radius 2 is 1.84 bits per heavy atom. The van der Waals surface area contributed by atoms with Crippen LogP contribution in [0.25, 0.3) is 11.1 Å². The van der Waals surface area contributed by atoms with E-state index in [4.69, 9.17) is 4.52 Å². The summed E-state index contributed by atoms with van der Waals surface area (Å²) in [6, 6.07) is 16.9. The summed E-state index contributed by atoms with van der Waals surface area (Å²) in [4.78, 5) is 27.1. The first-order valence-electron chi connectivity index (χ1n) is 12.6. The molecule has 2 aliphatic rings. The Hall–Kier alpha value is -4.20. The van der Waals surface area contributed by atoms with Gasteiger partial charge in [0.1, 0.15) is 17.5 Å². The van der Waals surface area contributed by atoms with E-state index in [1.807, 2.05) is 50.2 Å². The van der Waals surface area contributed by atoms with Crippen molar-refractivity contribution in [1.82, 2.24) is 20.3 Å². The van der Waals surface area contributed by atoms with E-state index in [2.05, 4.69) is 33.0 Å². The van der Waals surface area contributed by atoms with Crippen LogP contribution >= 0.6 is 0 Å². The SMILES string of the molecule is Cc1noc(C)c1-c1ccc(NC(=O)[C@@H](NC(=O)c2ccnn2C)C2c3ccccc3CC23CC3)cc1. The van der Waals surface area contributed by atoms with Crippen LogP contribution in [-0.2, 0) is 18.3 Å². The van der Waals surface area contributed by atoms with Gasteiger partial charge >= 0.3 is 0 Å². The van der Waals surface area contributed by atoms with Crippen molar-refractivity contribution in [2.75, 3.05) is 5.32 Å². The molecular formula is C29H29N5O3. The molecule has 2 aliphatic carbocycles. The number of fused-ring (bicyclic) bond motifs is 1. The van der Waals surface area contributed by atoms with Crippen molar-refractivity contribution in [3.05, 3.63) is 89.1 Å². The molecular weight excluding hydrogens is 466 g/mol. The van der Waals surface area contributed by atoms with Gasteiger partial charge in [-0.3, -0.25) is 14.3 Å². The topological polar surface area (TPSA) is 102 Å². The predicted molar refractivity (Wildman–Crippen MR) is 139 cm³/mol. The summed E-state index contributed by atoms with van der Waals surface area (Å²) in [6.07, 6.45) is 4.61. The van der Waals surface area contributed by atoms with E-state index in [0.717, 1.165) is 47.4 Å². The van der Waals surface area contributed by atoms with Crippen LogP contribution in [0.5, 0.6) is 0 Å². The zero-order chi connectivity index (χ0) is 25.7. The molecule has 2 N–H and O–H groups in total. The number of anilines is 1. The normalized spacial score (nSPS) is 17.9. The maximum Gasteiger partial charge on any atom is 0.270 e. The van der Waals surface area contributed by atoms with Crippen LogP contribution < -0.4 is 10.6 Å². The van der Waals surface area contributed by atoms with Crippen LogP contribution in [0.2, 0.25) is 0 Å². The van der Waals surface area contributed by atoms with Gasteiger partial charge in [0.05, 0.1) is 5.69 Å². The molecule has 1 fully saturated rings. The highest BCUT2D eigenvalue weighted by Crippen LogP contribution is 2.64. The first-order valence-corrected chi connectivity index (χ1v) is 12.6. The lowest BCUT2D eigenvalue weighted by Crippen LogP contribution is -2.49. The molecule has 1 unspecified atom stereocenters. The van der Waals surface area contributed by atoms with Crippen LogP contribution in [-0.4, -0.2) is 32.8 Å². The number of aromatic nitrogens is 3. The number of benzene rings is 2. The summed E-state index contributed by atoms with van der Waals surface area (Å²) >= 11 is 0. The fourth-order valence-electron chi connectivity index (χ4n) is 5.95. The third-order valence-corrected chi connectivity index (χ3v) is 7.92. The third-order valence-electron chi connectivity index (χ3n) is 7.92. The van der Waals surface area contributed by atoms with Crippen LogP contribution in [0.15, 0.2) is 65.3 Å². The third kappa shape index (κ3) is 4.02. The van der Waals surface area contributed by atoms with Gasteiger partial charge in [-0.2, -0.15) is 5.10 Å². The van der Waals surface area contributed by atoms with E-state index >= 15 is 0 Å². The number of amides is 2. The summed E-state index contributed by atoms with van der Waals surface area (Å²) in [5.74, 6) is 0.118. The molecule has 2 aromatic carbocycles. The van der Waals surface area contributed by atoms with Gasteiger partial charge in [0.25, 0.3) is 5.91 Å². The zero-order valence-corrected chi connectivity index (χ0v) is 21.1. The van der Waals surface area contributed by atoms with Crippen molar-refractivity contribution in [3.8, 4) is 11.1 Å². The Morgan fingerprint density at radius 3 is 2.49 bits per heavy atom. The Morgan fingerprint density at radius 1 is 1.08 bits per heavy atom. The number of rotatable bonds is 6. The van der Waals surface area contributed by atoms with Gasteiger partial charge in [-0.15, -0.1) is 0 Å². The summed E-state index contributed by atoms with van der Waals surface area (Å²) in [7, 11) is 1.72. The van der Waals surface area contributed by atoms with Gasteiger partial charge in [-0.25, -0.2) is 0 Å². The van der Waals surface area contributed by atoms with Gasteiger partial charge in [0.2, 0.25) is 5.91 Å². The second kappa shape index (κ2) is 8.73. The van der Waals surface area contributed by atoms with E-state index in [9.17, 15) is 9.59 Å². The molecule has 0 radical (unpaired) electrons. The molecule has 0 saturated heterocycles. The second-order valence-electron chi connectivity index (χ2n) is 10.3. The number of carbonyl (C=O) groups is 2. The highest BCUT2D eigenvalue weighted by molar-refractivity contribution is 6.01. The van der Waals surface area contributed by atoms with Crippen LogP contribution in [0.3, 0.4) is 0 Å². The first-order chi connectivity index (χ1) is 17.9. The molecule has 1 saturated carbocycles. The zero-order valence-electron chi connectivity index (χ0n) is 21.1. The molecule has 0 bridgehead atoms. The minimum absolute atomic E-state index is 0.0125. The van der Waals surface area contributed by atoms with Crippen molar-refractivity contribution in [1.29, 1.82) is 0 Å². The summed E-state index contributed by atoms with van der Waals surface area (Å²) in [5.41, 5.74) is 6.25. The van der Waals surface area contributed by atoms with E-state index in [1.165, 1.54) is 10.2 Å². The lowest BCUT2D eigenvalue weighted by Gasteiger charge is -2.29. The van der Waals surface area contributed by atoms with Crippen molar-refractivity contribution >= 4 is 17.5 Å². The lowest BCUT2D eigenvalue weighted by atomic mass is 9.82. The van der Waals surface area contributed by atoms with Gasteiger partial charge in [-0.05, 0) is 73.4 Å². The van der Waals surface area contributed by atoms with Gasteiger partial charge in [0.15, 0.2) is 0 Å². The molecule has 1 spiro atoms. The van der Waals surface area contributed by atoms with Crippen molar-refractivity contribution in [2.45, 2.75) is 45.1 Å². The van der Waals surface area contributed by atoms with Crippen molar-refractivity contribution in [2.24, 2.45) is 12.5 Å². The minimum atomic E-state index is -0.726. The standard InChI is InChI=1S/C29H29N5O3/c1-17-24(18(2)37-33-17)19-8-10-21(11-9-19)31-28(36)26(32-27(35)23-12-15-30-34(23)3)25-22-7-5-4-6-20(22)16-29(25)13-14-29/h4-12,15,25-26H,13-14,16H2,1-3H3,(H,31,36)(H,32,35)/t25?,26-/m0/s1. The quantitative estimate of drug-likeness (QED) is 0.409. The fraction of sp³-hybridized carbons (Fsp3) is 0.310. The number of nitrogens with zero attached hydrogens (tertiary/aromatic N) is 3. The highest BCUT2D eigenvalue weighted by atomic mass is 16.5. The van der Waals surface area contributed by atoms with E-state index < -0.39 is 6.04 Å². The average Bonchev–Trinajstić information content (AvgIpc) is 3.21. The van der Waals surface area contributed by atoms with Gasteiger partial charge < -0.3 is 15.2 Å². The maximum atomic E-state index is 13.9. The summed E-state index contributed by atoms with van der Waals surface area (Å²) < 4.78 is 6.82.